The topological polar surface area (TPSA) is 103 Å². The lowest BCUT2D eigenvalue weighted by Gasteiger charge is -2.11. The first-order valence-electron chi connectivity index (χ1n) is 10.7. The Morgan fingerprint density at radius 3 is 2.46 bits per heavy atom. The van der Waals surface area contributed by atoms with Gasteiger partial charge in [0.15, 0.2) is 11.0 Å². The lowest BCUT2D eigenvalue weighted by molar-refractivity contribution is -0.384. The van der Waals surface area contributed by atoms with Crippen LogP contribution in [0.25, 0.3) is 11.4 Å². The van der Waals surface area contributed by atoms with Crippen LogP contribution in [0, 0.1) is 29.8 Å². The van der Waals surface area contributed by atoms with Gasteiger partial charge in [-0.25, -0.2) is 4.39 Å². The van der Waals surface area contributed by atoms with E-state index in [4.69, 9.17) is 0 Å². The summed E-state index contributed by atoms with van der Waals surface area (Å²) in [6.45, 7) is 3.97. The van der Waals surface area contributed by atoms with Gasteiger partial charge >= 0.3 is 0 Å². The smallest absolute Gasteiger partial charge is 0.293 e. The van der Waals surface area contributed by atoms with E-state index in [2.05, 4.69) is 15.5 Å². The Hall–Kier alpha value is -4.05. The van der Waals surface area contributed by atoms with Crippen LogP contribution in [0.2, 0.25) is 0 Å². The average molecular weight is 492 g/mol. The molecule has 10 heteroatoms. The highest BCUT2D eigenvalue weighted by molar-refractivity contribution is 7.99. The van der Waals surface area contributed by atoms with E-state index in [1.54, 1.807) is 35.8 Å². The van der Waals surface area contributed by atoms with Gasteiger partial charge in [-0.2, -0.15) is 0 Å². The minimum absolute atomic E-state index is 0.0612. The number of hydrogen-bond acceptors (Lipinski definition) is 6. The fourth-order valence-corrected chi connectivity index (χ4v) is 4.25. The second-order valence-corrected chi connectivity index (χ2v) is 8.85. The molecule has 1 N–H and O–H groups in total. The van der Waals surface area contributed by atoms with Crippen molar-refractivity contribution in [2.75, 3.05) is 11.1 Å². The van der Waals surface area contributed by atoms with Crippen molar-refractivity contribution in [2.45, 2.75) is 25.5 Å². The van der Waals surface area contributed by atoms with Crippen molar-refractivity contribution in [3.05, 3.63) is 99.4 Å². The lowest BCUT2D eigenvalue weighted by Crippen LogP contribution is -2.16. The number of rotatable bonds is 8. The predicted molar refractivity (Wildman–Crippen MR) is 133 cm³/mol. The number of thioether (sulfide) groups is 1. The molecule has 4 aromatic rings. The van der Waals surface area contributed by atoms with Gasteiger partial charge in [0.25, 0.3) is 5.69 Å². The molecule has 8 nitrogen and oxygen atoms in total. The lowest BCUT2D eigenvalue weighted by atomic mass is 10.1. The molecular weight excluding hydrogens is 469 g/mol. The molecule has 0 aliphatic heterocycles. The molecule has 3 aromatic carbocycles. The molecule has 0 atom stereocenters. The molecule has 0 unspecified atom stereocenters. The third-order valence-electron chi connectivity index (χ3n) is 5.43. The Balaban J connectivity index is 1.58. The number of aryl methyl sites for hydroxylation is 2. The molecule has 0 radical (unpaired) electrons. The summed E-state index contributed by atoms with van der Waals surface area (Å²) in [6.07, 6.45) is 0. The quantitative estimate of drug-likeness (QED) is 0.201. The number of halogens is 1. The van der Waals surface area contributed by atoms with Crippen LogP contribution < -0.4 is 5.32 Å². The van der Waals surface area contributed by atoms with Crippen molar-refractivity contribution < 1.29 is 14.1 Å². The first-order chi connectivity index (χ1) is 16.8. The summed E-state index contributed by atoms with van der Waals surface area (Å²) in [5, 5.41) is 22.9. The summed E-state index contributed by atoms with van der Waals surface area (Å²) in [5.41, 5.74) is 2.83. The molecule has 1 heterocycles. The van der Waals surface area contributed by atoms with Crippen LogP contribution in [0.3, 0.4) is 0 Å². The Kier molecular flexibility index (Phi) is 7.21. The molecule has 0 spiro atoms. The van der Waals surface area contributed by atoms with E-state index in [-0.39, 0.29) is 17.1 Å². The fraction of sp³-hybridized carbons (Fsp3) is 0.160. The maximum absolute atomic E-state index is 14.5. The van der Waals surface area contributed by atoms with Crippen LogP contribution in [0.15, 0.2) is 71.9 Å². The van der Waals surface area contributed by atoms with Gasteiger partial charge < -0.3 is 5.32 Å². The Morgan fingerprint density at radius 1 is 1.06 bits per heavy atom. The van der Waals surface area contributed by atoms with Gasteiger partial charge in [-0.05, 0) is 48.7 Å². The zero-order valence-electron chi connectivity index (χ0n) is 19.1. The molecule has 35 heavy (non-hydrogen) atoms. The second kappa shape index (κ2) is 10.5. The summed E-state index contributed by atoms with van der Waals surface area (Å²) < 4.78 is 16.3. The highest BCUT2D eigenvalue weighted by Gasteiger charge is 2.20. The first kappa shape index (κ1) is 24.1. The van der Waals surface area contributed by atoms with Crippen molar-refractivity contribution in [3.63, 3.8) is 0 Å². The molecule has 178 valence electrons. The summed E-state index contributed by atoms with van der Waals surface area (Å²) in [4.78, 5) is 23.6. The molecule has 0 fully saturated rings. The van der Waals surface area contributed by atoms with E-state index in [1.165, 1.54) is 12.1 Å². The van der Waals surface area contributed by atoms with Crippen molar-refractivity contribution >= 4 is 29.0 Å². The van der Waals surface area contributed by atoms with Gasteiger partial charge in [-0.15, -0.1) is 10.2 Å². The number of nitrogens with one attached hydrogen (secondary N) is 1. The summed E-state index contributed by atoms with van der Waals surface area (Å²) in [7, 11) is 0. The van der Waals surface area contributed by atoms with E-state index in [0.717, 1.165) is 28.5 Å². The van der Waals surface area contributed by atoms with E-state index < -0.39 is 16.6 Å². The first-order valence-corrected chi connectivity index (χ1v) is 11.7. The molecule has 0 aliphatic rings. The molecular formula is C25H22FN5O3S. The number of carbonyl (C=O) groups excluding carboxylic acids is 1. The van der Waals surface area contributed by atoms with Crippen LogP contribution in [-0.2, 0) is 11.3 Å². The summed E-state index contributed by atoms with van der Waals surface area (Å²) >= 11 is 1.12. The third kappa shape index (κ3) is 5.55. The molecule has 0 bridgehead atoms. The number of aromatic nitrogens is 3. The molecule has 0 aliphatic carbocycles. The van der Waals surface area contributed by atoms with E-state index >= 15 is 0 Å². The van der Waals surface area contributed by atoms with Crippen LogP contribution in [-0.4, -0.2) is 31.3 Å². The van der Waals surface area contributed by atoms with Crippen LogP contribution in [0.4, 0.5) is 15.8 Å². The number of benzene rings is 3. The predicted octanol–water partition coefficient (Wildman–Crippen LogP) is 5.39. The Labute approximate surface area is 205 Å². The van der Waals surface area contributed by atoms with Crippen LogP contribution >= 0.6 is 11.8 Å². The molecule has 0 saturated carbocycles. The average Bonchev–Trinajstić information content (AvgIpc) is 3.22. The minimum atomic E-state index is -0.521. The van der Waals surface area contributed by atoms with E-state index in [0.29, 0.717) is 23.1 Å². The monoisotopic (exact) mass is 491 g/mol. The minimum Gasteiger partial charge on any atom is -0.320 e. The largest absolute Gasteiger partial charge is 0.320 e. The third-order valence-corrected chi connectivity index (χ3v) is 6.40. The van der Waals surface area contributed by atoms with Crippen molar-refractivity contribution in [1.82, 2.24) is 14.8 Å². The van der Waals surface area contributed by atoms with Gasteiger partial charge in [0, 0.05) is 6.07 Å². The second-order valence-electron chi connectivity index (χ2n) is 7.91. The molecule has 0 saturated heterocycles. The number of nitro groups is 1. The number of hydrogen-bond donors (Lipinski definition) is 1. The number of carbonyl (C=O) groups is 1. The number of nitrogens with zero attached hydrogens (tertiary/aromatic N) is 4. The van der Waals surface area contributed by atoms with Crippen LogP contribution in [0.1, 0.15) is 16.7 Å². The fourth-order valence-electron chi connectivity index (χ4n) is 3.51. The van der Waals surface area contributed by atoms with E-state index in [9.17, 15) is 19.3 Å². The maximum Gasteiger partial charge on any atom is 0.293 e. The van der Waals surface area contributed by atoms with Crippen molar-refractivity contribution in [2.24, 2.45) is 0 Å². The molecule has 1 amide bonds. The Morgan fingerprint density at radius 2 is 1.74 bits per heavy atom. The number of nitro benzene ring substituents is 1. The Bertz CT molecular complexity index is 1390. The van der Waals surface area contributed by atoms with Gasteiger partial charge in [-0.3, -0.25) is 19.5 Å². The zero-order chi connectivity index (χ0) is 24.9. The zero-order valence-corrected chi connectivity index (χ0v) is 19.9. The number of amides is 1. The molecule has 1 aromatic heterocycles. The van der Waals surface area contributed by atoms with Crippen molar-refractivity contribution in [1.29, 1.82) is 0 Å². The summed E-state index contributed by atoms with van der Waals surface area (Å²) in [6, 6.07) is 18.9. The highest BCUT2D eigenvalue weighted by atomic mass is 32.2. The van der Waals surface area contributed by atoms with Crippen LogP contribution in [0.5, 0.6) is 0 Å². The maximum atomic E-state index is 14.5. The molecule has 4 rings (SSSR count). The number of anilines is 1. The van der Waals surface area contributed by atoms with E-state index in [1.807, 2.05) is 37.3 Å². The SMILES string of the molecule is Cc1cc(NC(=O)CSc2nnc(-c3ccccc3F)n2Cc2ccccc2)c([N+](=O)[O-])cc1C. The van der Waals surface area contributed by atoms with Crippen molar-refractivity contribution in [3.8, 4) is 11.4 Å². The van der Waals surface area contributed by atoms with Gasteiger partial charge in [-0.1, -0.05) is 54.2 Å². The standard InChI is InChI=1S/C25H22FN5O3S/c1-16-12-21(22(31(33)34)13-17(16)2)27-23(32)15-35-25-29-28-24(19-10-6-7-11-20(19)26)30(25)14-18-8-4-3-5-9-18/h3-13H,14-15H2,1-2H3,(H,27,32). The summed E-state index contributed by atoms with van der Waals surface area (Å²) in [5.74, 6) is -0.567. The normalized spacial score (nSPS) is 10.8. The highest BCUT2D eigenvalue weighted by Crippen LogP contribution is 2.30. The van der Waals surface area contributed by atoms with Gasteiger partial charge in [0.1, 0.15) is 11.5 Å². The van der Waals surface area contributed by atoms with Gasteiger partial charge in [0.05, 0.1) is 22.8 Å². The van der Waals surface area contributed by atoms with Gasteiger partial charge in [0.2, 0.25) is 5.91 Å².